The Kier molecular flexibility index (Phi) is 3.15. The van der Waals surface area contributed by atoms with E-state index in [9.17, 15) is 8.78 Å². The summed E-state index contributed by atoms with van der Waals surface area (Å²) in [6.45, 7) is 5.84. The molecule has 0 amide bonds. The van der Waals surface area contributed by atoms with Gasteiger partial charge < -0.3 is 0 Å². The lowest BCUT2D eigenvalue weighted by molar-refractivity contribution is 0.151. The molecule has 0 aliphatic heterocycles. The Morgan fingerprint density at radius 2 is 1.79 bits per heavy atom. The molecule has 0 aliphatic carbocycles. The van der Waals surface area contributed by atoms with Crippen LogP contribution in [0.15, 0.2) is 18.2 Å². The quantitative estimate of drug-likeness (QED) is 0.648. The van der Waals surface area contributed by atoms with E-state index in [1.165, 1.54) is 6.07 Å². The summed E-state index contributed by atoms with van der Waals surface area (Å²) in [7, 11) is 0. The van der Waals surface area contributed by atoms with Gasteiger partial charge in [-0.1, -0.05) is 50.6 Å². The van der Waals surface area contributed by atoms with Crippen LogP contribution >= 0.6 is 11.6 Å². The minimum absolute atomic E-state index is 0.0842. The Morgan fingerprint density at radius 3 is 2.21 bits per heavy atom. The van der Waals surface area contributed by atoms with Gasteiger partial charge in [-0.2, -0.15) is 0 Å². The van der Waals surface area contributed by atoms with Crippen molar-refractivity contribution < 1.29 is 8.78 Å². The van der Waals surface area contributed by atoms with Gasteiger partial charge in [0.2, 0.25) is 0 Å². The summed E-state index contributed by atoms with van der Waals surface area (Å²) in [6.07, 6.45) is -2.51. The molecule has 0 atom stereocenters. The fourth-order valence-electron chi connectivity index (χ4n) is 1.30. The summed E-state index contributed by atoms with van der Waals surface area (Å²) >= 11 is 5.91. The standard InChI is InChI=1S/C11H13ClF2/c1-11(2,3)8-6-4-5-7(9(8)12)10(13)14/h4-6,10H,1-3H3. The second-order valence-electron chi connectivity index (χ2n) is 4.26. The lowest BCUT2D eigenvalue weighted by atomic mass is 9.86. The van der Waals surface area contributed by atoms with E-state index in [0.29, 0.717) is 0 Å². The van der Waals surface area contributed by atoms with Gasteiger partial charge in [-0.3, -0.25) is 0 Å². The van der Waals surface area contributed by atoms with Crippen LogP contribution in [0.2, 0.25) is 5.02 Å². The van der Waals surface area contributed by atoms with Gasteiger partial charge in [0, 0.05) is 5.56 Å². The minimum atomic E-state index is -2.51. The van der Waals surface area contributed by atoms with Crippen molar-refractivity contribution >= 4 is 11.6 Å². The highest BCUT2D eigenvalue weighted by Crippen LogP contribution is 2.35. The van der Waals surface area contributed by atoms with Crippen molar-refractivity contribution in [1.29, 1.82) is 0 Å². The monoisotopic (exact) mass is 218 g/mol. The molecule has 78 valence electrons. The van der Waals surface area contributed by atoms with Gasteiger partial charge in [-0.25, -0.2) is 8.78 Å². The molecule has 1 rings (SSSR count). The van der Waals surface area contributed by atoms with Crippen molar-refractivity contribution in [2.75, 3.05) is 0 Å². The highest BCUT2D eigenvalue weighted by atomic mass is 35.5. The van der Waals surface area contributed by atoms with Gasteiger partial charge in [-0.15, -0.1) is 0 Å². The fraction of sp³-hybridized carbons (Fsp3) is 0.455. The van der Waals surface area contributed by atoms with Crippen molar-refractivity contribution in [2.45, 2.75) is 32.6 Å². The lowest BCUT2D eigenvalue weighted by Crippen LogP contribution is -2.12. The van der Waals surface area contributed by atoms with Crippen molar-refractivity contribution in [3.05, 3.63) is 34.3 Å². The Hall–Kier alpha value is -0.630. The van der Waals surface area contributed by atoms with E-state index in [1.54, 1.807) is 12.1 Å². The van der Waals surface area contributed by atoms with E-state index in [0.717, 1.165) is 5.56 Å². The zero-order valence-electron chi connectivity index (χ0n) is 8.44. The van der Waals surface area contributed by atoms with E-state index < -0.39 is 6.43 Å². The van der Waals surface area contributed by atoms with Crippen LogP contribution in [0.5, 0.6) is 0 Å². The first-order chi connectivity index (χ1) is 6.34. The molecular formula is C11H13ClF2. The van der Waals surface area contributed by atoms with E-state index >= 15 is 0 Å². The second kappa shape index (κ2) is 3.85. The second-order valence-corrected chi connectivity index (χ2v) is 4.64. The molecule has 3 heteroatoms. The summed E-state index contributed by atoms with van der Waals surface area (Å²) in [4.78, 5) is 0. The normalized spacial score (nSPS) is 12.2. The molecule has 0 aromatic heterocycles. The molecule has 0 fully saturated rings. The molecule has 0 bridgehead atoms. The van der Waals surface area contributed by atoms with E-state index in [1.807, 2.05) is 20.8 Å². The Bertz CT molecular complexity index is 327. The first kappa shape index (κ1) is 11.4. The molecule has 0 nitrogen and oxygen atoms in total. The molecule has 1 aromatic rings. The third kappa shape index (κ3) is 2.24. The van der Waals surface area contributed by atoms with Gasteiger partial charge in [0.15, 0.2) is 0 Å². The predicted molar refractivity (Wildman–Crippen MR) is 55.1 cm³/mol. The third-order valence-corrected chi connectivity index (χ3v) is 2.49. The minimum Gasteiger partial charge on any atom is -0.205 e. The molecule has 0 aliphatic rings. The summed E-state index contributed by atoms with van der Waals surface area (Å²) in [5.41, 5.74) is 0.471. The zero-order chi connectivity index (χ0) is 10.9. The maximum Gasteiger partial charge on any atom is 0.265 e. The molecule has 0 unspecified atom stereocenters. The zero-order valence-corrected chi connectivity index (χ0v) is 9.20. The average Bonchev–Trinajstić information content (AvgIpc) is 2.01. The van der Waals surface area contributed by atoms with Crippen molar-refractivity contribution in [2.24, 2.45) is 0 Å². The first-order valence-electron chi connectivity index (χ1n) is 4.41. The topological polar surface area (TPSA) is 0 Å². The van der Waals surface area contributed by atoms with Crippen LogP contribution in [0, 0.1) is 0 Å². The Balaban J connectivity index is 3.28. The van der Waals surface area contributed by atoms with Crippen molar-refractivity contribution in [1.82, 2.24) is 0 Å². The van der Waals surface area contributed by atoms with Gasteiger partial charge in [0.25, 0.3) is 6.43 Å². The van der Waals surface area contributed by atoms with Crippen LogP contribution in [0.25, 0.3) is 0 Å². The summed E-state index contributed by atoms with van der Waals surface area (Å²) in [6, 6.07) is 4.77. The van der Waals surface area contributed by atoms with E-state index in [4.69, 9.17) is 11.6 Å². The predicted octanol–water partition coefficient (Wildman–Crippen LogP) is 4.58. The van der Waals surface area contributed by atoms with Crippen LogP contribution in [0.1, 0.15) is 38.3 Å². The van der Waals surface area contributed by atoms with Crippen molar-refractivity contribution in [3.8, 4) is 0 Å². The Morgan fingerprint density at radius 1 is 1.21 bits per heavy atom. The average molecular weight is 219 g/mol. The highest BCUT2D eigenvalue weighted by Gasteiger charge is 2.21. The summed E-state index contributed by atoms with van der Waals surface area (Å²) in [5, 5.41) is 0.190. The van der Waals surface area contributed by atoms with E-state index in [2.05, 4.69) is 0 Å². The third-order valence-electron chi connectivity index (χ3n) is 2.07. The summed E-state index contributed by atoms with van der Waals surface area (Å²) < 4.78 is 25.0. The van der Waals surface area contributed by atoms with Crippen molar-refractivity contribution in [3.63, 3.8) is 0 Å². The molecule has 0 N–H and O–H groups in total. The fourth-order valence-corrected chi connectivity index (χ4v) is 1.79. The number of benzene rings is 1. The molecule has 0 heterocycles. The molecule has 0 spiro atoms. The SMILES string of the molecule is CC(C)(C)c1cccc(C(F)F)c1Cl. The van der Waals surface area contributed by atoms with Gasteiger partial charge in [0.05, 0.1) is 5.02 Å². The van der Waals surface area contributed by atoms with Crippen LogP contribution in [0.4, 0.5) is 8.78 Å². The van der Waals surface area contributed by atoms with Gasteiger partial charge in [-0.05, 0) is 11.0 Å². The molecule has 0 radical (unpaired) electrons. The lowest BCUT2D eigenvalue weighted by Gasteiger charge is -2.21. The molecule has 0 saturated carbocycles. The maximum atomic E-state index is 12.5. The van der Waals surface area contributed by atoms with Gasteiger partial charge >= 0.3 is 0 Å². The number of halogens is 3. The van der Waals surface area contributed by atoms with Crippen LogP contribution in [-0.2, 0) is 5.41 Å². The number of alkyl halides is 2. The van der Waals surface area contributed by atoms with Crippen LogP contribution in [-0.4, -0.2) is 0 Å². The number of rotatable bonds is 1. The molecular weight excluding hydrogens is 206 g/mol. The molecule has 1 aromatic carbocycles. The molecule has 14 heavy (non-hydrogen) atoms. The van der Waals surface area contributed by atoms with Gasteiger partial charge in [0.1, 0.15) is 0 Å². The van der Waals surface area contributed by atoms with E-state index in [-0.39, 0.29) is 16.0 Å². The maximum absolute atomic E-state index is 12.5. The Labute approximate surface area is 87.9 Å². The first-order valence-corrected chi connectivity index (χ1v) is 4.79. The smallest absolute Gasteiger partial charge is 0.205 e. The largest absolute Gasteiger partial charge is 0.265 e. The van der Waals surface area contributed by atoms with Crippen LogP contribution < -0.4 is 0 Å². The number of hydrogen-bond acceptors (Lipinski definition) is 0. The highest BCUT2D eigenvalue weighted by molar-refractivity contribution is 6.32. The summed E-state index contributed by atoms with van der Waals surface area (Å²) in [5.74, 6) is 0. The molecule has 0 saturated heterocycles. The number of hydrogen-bond donors (Lipinski definition) is 0. The van der Waals surface area contributed by atoms with Crippen LogP contribution in [0.3, 0.4) is 0 Å².